The van der Waals surface area contributed by atoms with Gasteiger partial charge >= 0.3 is 0 Å². The first-order chi connectivity index (χ1) is 21.5. The van der Waals surface area contributed by atoms with Gasteiger partial charge in [-0.25, -0.2) is 0 Å². The van der Waals surface area contributed by atoms with E-state index in [0.717, 1.165) is 34.2 Å². The second-order valence-electron chi connectivity index (χ2n) is 12.3. The molecule has 7 aromatic rings. The molecular weight excluding hydrogens is 538 g/mol. The van der Waals surface area contributed by atoms with Crippen LogP contribution in [-0.2, 0) is 12.5 Å². The molecule has 44 heavy (non-hydrogen) atoms. The molecule has 0 N–H and O–H groups in total. The van der Waals surface area contributed by atoms with Gasteiger partial charge in [-0.15, -0.1) is 0 Å². The number of anilines is 6. The van der Waals surface area contributed by atoms with Gasteiger partial charge in [-0.2, -0.15) is 0 Å². The number of hydrogen-bond acceptors (Lipinski definition) is 3. The van der Waals surface area contributed by atoms with Gasteiger partial charge in [0.2, 0.25) is 0 Å². The van der Waals surface area contributed by atoms with E-state index in [9.17, 15) is 0 Å². The zero-order chi connectivity index (χ0) is 29.6. The molecule has 0 aliphatic carbocycles. The number of aromatic nitrogens is 1. The molecule has 3 heterocycles. The Morgan fingerprint density at radius 1 is 0.477 bits per heavy atom. The Kier molecular flexibility index (Phi) is 5.13. The summed E-state index contributed by atoms with van der Waals surface area (Å²) in [6.45, 7) is 4.70. The Morgan fingerprint density at radius 3 is 1.73 bits per heavy atom. The molecular formula is C40H31N3O. The fraction of sp³-hybridized carbons (Fsp3) is 0.100. The summed E-state index contributed by atoms with van der Waals surface area (Å²) in [7, 11) is 2.18. The Labute approximate surface area is 257 Å². The highest BCUT2D eigenvalue weighted by molar-refractivity contribution is 6.12. The maximum Gasteiger partial charge on any atom is 0.152 e. The van der Waals surface area contributed by atoms with Crippen molar-refractivity contribution in [1.29, 1.82) is 0 Å². The Morgan fingerprint density at radius 2 is 1.02 bits per heavy atom. The molecule has 0 radical (unpaired) electrons. The second kappa shape index (κ2) is 9.01. The molecule has 6 aromatic carbocycles. The van der Waals surface area contributed by atoms with Crippen LogP contribution < -0.4 is 14.5 Å². The molecule has 1 aromatic heterocycles. The molecule has 9 rings (SSSR count). The Bertz CT molecular complexity index is 2250. The first-order valence-electron chi connectivity index (χ1n) is 15.2. The van der Waals surface area contributed by atoms with E-state index in [1.54, 1.807) is 0 Å². The summed E-state index contributed by atoms with van der Waals surface area (Å²) < 4.78 is 8.95. The summed E-state index contributed by atoms with van der Waals surface area (Å²) in [6.07, 6.45) is 0. The first kappa shape index (κ1) is 25.1. The molecule has 4 heteroatoms. The van der Waals surface area contributed by atoms with Crippen LogP contribution in [0.3, 0.4) is 0 Å². The van der Waals surface area contributed by atoms with Gasteiger partial charge in [0.25, 0.3) is 0 Å². The summed E-state index contributed by atoms with van der Waals surface area (Å²) in [5, 5.41) is 2.43. The summed E-state index contributed by atoms with van der Waals surface area (Å²) in [4.78, 5) is 4.74. The fourth-order valence-electron chi connectivity index (χ4n) is 7.35. The SMILES string of the molecule is Cn1c2cc3c(cc2c2cc4c(cc21)N(c1ccccc1)c1ccccc1C4(C)C)Oc1ccccc1N3c1ccccc1. The highest BCUT2D eigenvalue weighted by Gasteiger charge is 2.38. The Hall–Kier alpha value is -5.48. The van der Waals surface area contributed by atoms with Crippen molar-refractivity contribution >= 4 is 55.9 Å². The smallest absolute Gasteiger partial charge is 0.152 e. The minimum Gasteiger partial charge on any atom is -0.453 e. The zero-order valence-electron chi connectivity index (χ0n) is 25.0. The van der Waals surface area contributed by atoms with E-state index in [4.69, 9.17) is 4.74 Å². The third-order valence-electron chi connectivity index (χ3n) is 9.53. The lowest BCUT2D eigenvalue weighted by atomic mass is 9.73. The number of nitrogens with zero attached hydrogens (tertiary/aromatic N) is 3. The van der Waals surface area contributed by atoms with E-state index in [0.29, 0.717) is 0 Å². The fourth-order valence-corrected chi connectivity index (χ4v) is 7.35. The summed E-state index contributed by atoms with van der Waals surface area (Å²) in [6, 6.07) is 47.7. The average molecular weight is 570 g/mol. The van der Waals surface area contributed by atoms with E-state index in [2.05, 4.69) is 163 Å². The molecule has 2 aliphatic rings. The maximum atomic E-state index is 6.61. The highest BCUT2D eigenvalue weighted by atomic mass is 16.5. The molecule has 0 atom stereocenters. The normalized spacial score (nSPS) is 14.5. The average Bonchev–Trinajstić information content (AvgIpc) is 3.32. The number of benzene rings is 6. The lowest BCUT2D eigenvalue weighted by Crippen LogP contribution is -2.30. The molecule has 0 spiro atoms. The topological polar surface area (TPSA) is 20.6 Å². The van der Waals surface area contributed by atoms with Crippen LogP contribution in [0.25, 0.3) is 21.8 Å². The zero-order valence-corrected chi connectivity index (χ0v) is 25.0. The van der Waals surface area contributed by atoms with Crippen molar-refractivity contribution in [3.8, 4) is 11.5 Å². The standard InChI is InChI=1S/C40H31N3O/c1-40(2)30-18-10-11-19-32(30)42(26-14-6-4-7-15-26)36-24-34-28(22-31(36)40)29-23-39-37(25-35(29)41(34)3)43(27-16-8-5-9-17-27)33-20-12-13-21-38(33)44-39/h4-25H,1-3H3. The van der Waals surface area contributed by atoms with Crippen LogP contribution >= 0.6 is 0 Å². The van der Waals surface area contributed by atoms with Crippen LogP contribution in [0.1, 0.15) is 25.0 Å². The van der Waals surface area contributed by atoms with Gasteiger partial charge in [-0.3, -0.25) is 0 Å². The minimum absolute atomic E-state index is 0.179. The maximum absolute atomic E-state index is 6.61. The summed E-state index contributed by atoms with van der Waals surface area (Å²) in [5.41, 5.74) is 11.6. The van der Waals surface area contributed by atoms with E-state index in [-0.39, 0.29) is 5.41 Å². The molecule has 2 aliphatic heterocycles. The van der Waals surface area contributed by atoms with E-state index in [1.807, 2.05) is 6.07 Å². The number of ether oxygens (including phenoxy) is 1. The minimum atomic E-state index is -0.179. The lowest BCUT2D eigenvalue weighted by molar-refractivity contribution is 0.477. The first-order valence-corrected chi connectivity index (χ1v) is 15.2. The monoisotopic (exact) mass is 569 g/mol. The highest BCUT2D eigenvalue weighted by Crippen LogP contribution is 2.55. The predicted octanol–water partition coefficient (Wildman–Crippen LogP) is 11.0. The molecule has 0 bridgehead atoms. The number of fused-ring (bicyclic) bond motifs is 7. The van der Waals surface area contributed by atoms with Crippen LogP contribution in [0, 0.1) is 0 Å². The van der Waals surface area contributed by atoms with E-state index < -0.39 is 0 Å². The predicted molar refractivity (Wildman–Crippen MR) is 182 cm³/mol. The largest absolute Gasteiger partial charge is 0.453 e. The van der Waals surface area contributed by atoms with Crippen LogP contribution in [0.2, 0.25) is 0 Å². The number of para-hydroxylation sites is 5. The Balaban J connectivity index is 1.33. The van der Waals surface area contributed by atoms with Gasteiger partial charge < -0.3 is 19.1 Å². The quantitative estimate of drug-likeness (QED) is 0.207. The summed E-state index contributed by atoms with van der Waals surface area (Å²) >= 11 is 0. The van der Waals surface area contributed by atoms with Gasteiger partial charge in [0.1, 0.15) is 0 Å². The lowest BCUT2D eigenvalue weighted by Gasteiger charge is -2.42. The second-order valence-corrected chi connectivity index (χ2v) is 12.3. The molecule has 0 saturated carbocycles. The number of aryl methyl sites for hydroxylation is 1. The van der Waals surface area contributed by atoms with Crippen LogP contribution in [0.5, 0.6) is 11.5 Å². The van der Waals surface area contributed by atoms with Gasteiger partial charge in [0.15, 0.2) is 11.5 Å². The van der Waals surface area contributed by atoms with Crippen molar-refractivity contribution < 1.29 is 4.74 Å². The van der Waals surface area contributed by atoms with Crippen molar-refractivity contribution in [2.24, 2.45) is 7.05 Å². The van der Waals surface area contributed by atoms with Gasteiger partial charge in [0, 0.05) is 34.6 Å². The van der Waals surface area contributed by atoms with Gasteiger partial charge in [0.05, 0.1) is 33.8 Å². The molecule has 0 fully saturated rings. The van der Waals surface area contributed by atoms with Gasteiger partial charge in [-0.1, -0.05) is 80.6 Å². The molecule has 212 valence electrons. The van der Waals surface area contributed by atoms with Gasteiger partial charge in [-0.05, 0) is 77.9 Å². The van der Waals surface area contributed by atoms with E-state index in [1.165, 1.54) is 44.3 Å². The van der Waals surface area contributed by atoms with E-state index >= 15 is 0 Å². The molecule has 0 amide bonds. The van der Waals surface area contributed by atoms with Crippen LogP contribution in [0.4, 0.5) is 34.1 Å². The summed E-state index contributed by atoms with van der Waals surface area (Å²) in [5.74, 6) is 1.72. The van der Waals surface area contributed by atoms with Crippen LogP contribution in [0.15, 0.2) is 133 Å². The molecule has 0 unspecified atom stereocenters. The van der Waals surface area contributed by atoms with Crippen molar-refractivity contribution in [3.63, 3.8) is 0 Å². The van der Waals surface area contributed by atoms with Crippen molar-refractivity contribution in [1.82, 2.24) is 4.57 Å². The van der Waals surface area contributed by atoms with Crippen molar-refractivity contribution in [2.75, 3.05) is 9.80 Å². The van der Waals surface area contributed by atoms with Crippen molar-refractivity contribution in [2.45, 2.75) is 19.3 Å². The van der Waals surface area contributed by atoms with Crippen molar-refractivity contribution in [3.05, 3.63) is 145 Å². The third kappa shape index (κ3) is 3.39. The third-order valence-corrected chi connectivity index (χ3v) is 9.53. The molecule has 0 saturated heterocycles. The number of rotatable bonds is 2. The van der Waals surface area contributed by atoms with Crippen LogP contribution in [-0.4, -0.2) is 4.57 Å². The number of hydrogen-bond donors (Lipinski definition) is 0. The molecule has 4 nitrogen and oxygen atoms in total.